The third-order valence-electron chi connectivity index (χ3n) is 4.24. The van der Waals surface area contributed by atoms with Crippen LogP contribution in [0.5, 0.6) is 0 Å². The van der Waals surface area contributed by atoms with E-state index in [4.69, 9.17) is 0 Å². The highest BCUT2D eigenvalue weighted by Crippen LogP contribution is 2.21. The number of rotatable bonds is 5. The molecule has 0 saturated heterocycles. The Labute approximate surface area is 177 Å². The second kappa shape index (κ2) is 8.67. The number of nitrogens with zero attached hydrogens (tertiary/aromatic N) is 2. The van der Waals surface area contributed by atoms with Crippen LogP contribution in [0.4, 0.5) is 17.2 Å². The van der Waals surface area contributed by atoms with Crippen molar-refractivity contribution >= 4 is 39.0 Å². The maximum Gasteiger partial charge on any atom is 0.255 e. The van der Waals surface area contributed by atoms with Gasteiger partial charge in [-0.15, -0.1) is 0 Å². The quantitative estimate of drug-likeness (QED) is 0.401. The maximum atomic E-state index is 12.4. The van der Waals surface area contributed by atoms with Gasteiger partial charge in [0.25, 0.3) is 5.91 Å². The molecule has 0 atom stereocenters. The van der Waals surface area contributed by atoms with Gasteiger partial charge in [-0.1, -0.05) is 52.3 Å². The summed E-state index contributed by atoms with van der Waals surface area (Å²) in [6.45, 7) is 0. The summed E-state index contributed by atoms with van der Waals surface area (Å²) in [5, 5.41) is 6.13. The van der Waals surface area contributed by atoms with Crippen molar-refractivity contribution in [3.8, 4) is 11.3 Å². The topological polar surface area (TPSA) is 66.9 Å². The van der Waals surface area contributed by atoms with E-state index in [1.165, 1.54) is 6.33 Å². The van der Waals surface area contributed by atoms with Crippen LogP contribution < -0.4 is 10.6 Å². The zero-order valence-corrected chi connectivity index (χ0v) is 16.9. The summed E-state index contributed by atoms with van der Waals surface area (Å²) in [6, 6.07) is 26.5. The number of carbonyl (C=O) groups is 1. The monoisotopic (exact) mass is 444 g/mol. The third kappa shape index (κ3) is 4.86. The van der Waals surface area contributed by atoms with E-state index in [1.54, 1.807) is 12.1 Å². The first kappa shape index (κ1) is 18.8. The fourth-order valence-electron chi connectivity index (χ4n) is 2.81. The molecule has 4 aromatic rings. The number of anilines is 3. The Hall–Kier alpha value is -3.51. The Morgan fingerprint density at radius 2 is 1.59 bits per heavy atom. The van der Waals surface area contributed by atoms with Crippen LogP contribution in [0.15, 0.2) is 95.7 Å². The van der Waals surface area contributed by atoms with E-state index in [-0.39, 0.29) is 5.91 Å². The smallest absolute Gasteiger partial charge is 0.255 e. The highest BCUT2D eigenvalue weighted by molar-refractivity contribution is 9.10. The van der Waals surface area contributed by atoms with Crippen molar-refractivity contribution in [2.75, 3.05) is 10.6 Å². The molecule has 2 N–H and O–H groups in total. The average Bonchev–Trinajstić information content (AvgIpc) is 2.75. The largest absolute Gasteiger partial charge is 0.340 e. The highest BCUT2D eigenvalue weighted by Gasteiger charge is 2.07. The van der Waals surface area contributed by atoms with Gasteiger partial charge in [0.15, 0.2) is 0 Å². The van der Waals surface area contributed by atoms with Gasteiger partial charge >= 0.3 is 0 Å². The predicted octanol–water partition coefficient (Wildman–Crippen LogP) is 5.90. The molecule has 1 aromatic heterocycles. The second-order valence-corrected chi connectivity index (χ2v) is 7.24. The zero-order chi connectivity index (χ0) is 20.1. The van der Waals surface area contributed by atoms with Gasteiger partial charge in [-0.3, -0.25) is 4.79 Å². The Balaban J connectivity index is 1.45. The summed E-state index contributed by atoms with van der Waals surface area (Å²) in [6.07, 6.45) is 1.53. The van der Waals surface area contributed by atoms with Crippen LogP contribution in [-0.4, -0.2) is 15.9 Å². The summed E-state index contributed by atoms with van der Waals surface area (Å²) in [5.41, 5.74) is 4.01. The Morgan fingerprint density at radius 1 is 0.793 bits per heavy atom. The Bertz CT molecular complexity index is 1130. The molecule has 0 unspecified atom stereocenters. The van der Waals surface area contributed by atoms with Crippen molar-refractivity contribution in [1.29, 1.82) is 0 Å². The summed E-state index contributed by atoms with van der Waals surface area (Å²) < 4.78 is 0.912. The predicted molar refractivity (Wildman–Crippen MR) is 119 cm³/mol. The Kier molecular flexibility index (Phi) is 5.63. The fourth-order valence-corrected chi connectivity index (χ4v) is 3.21. The number of amides is 1. The van der Waals surface area contributed by atoms with Gasteiger partial charge in [-0.2, -0.15) is 0 Å². The number of nitrogens with one attached hydrogen (secondary N) is 2. The van der Waals surface area contributed by atoms with Crippen LogP contribution in [0.1, 0.15) is 10.4 Å². The van der Waals surface area contributed by atoms with E-state index in [9.17, 15) is 4.79 Å². The fraction of sp³-hybridized carbons (Fsp3) is 0. The van der Waals surface area contributed by atoms with Crippen molar-refractivity contribution in [2.45, 2.75) is 0 Å². The number of hydrogen-bond acceptors (Lipinski definition) is 4. The number of halogens is 1. The molecule has 0 fully saturated rings. The van der Waals surface area contributed by atoms with E-state index in [0.29, 0.717) is 11.4 Å². The van der Waals surface area contributed by atoms with Gasteiger partial charge in [0, 0.05) is 33.0 Å². The molecule has 0 aliphatic rings. The molecular weight excluding hydrogens is 428 g/mol. The average molecular weight is 445 g/mol. The minimum atomic E-state index is -0.164. The van der Waals surface area contributed by atoms with Gasteiger partial charge in [0.05, 0.1) is 5.69 Å². The third-order valence-corrected chi connectivity index (χ3v) is 4.73. The molecule has 0 radical (unpaired) electrons. The van der Waals surface area contributed by atoms with Gasteiger partial charge in [0.2, 0.25) is 0 Å². The lowest BCUT2D eigenvalue weighted by Crippen LogP contribution is -2.11. The molecule has 4 rings (SSSR count). The lowest BCUT2D eigenvalue weighted by molar-refractivity contribution is 0.102. The van der Waals surface area contributed by atoms with E-state index in [1.807, 2.05) is 72.8 Å². The molecule has 1 heterocycles. The zero-order valence-electron chi connectivity index (χ0n) is 15.3. The van der Waals surface area contributed by atoms with E-state index < -0.39 is 0 Å². The number of hydrogen-bond donors (Lipinski definition) is 2. The van der Waals surface area contributed by atoms with Gasteiger partial charge in [0.1, 0.15) is 12.1 Å². The molecule has 0 aliphatic carbocycles. The van der Waals surface area contributed by atoms with Gasteiger partial charge in [-0.25, -0.2) is 9.97 Å². The molecule has 0 bridgehead atoms. The molecule has 0 aliphatic heterocycles. The summed E-state index contributed by atoms with van der Waals surface area (Å²) in [4.78, 5) is 21.0. The van der Waals surface area contributed by atoms with Crippen LogP contribution in [-0.2, 0) is 0 Å². The Morgan fingerprint density at radius 3 is 2.34 bits per heavy atom. The van der Waals surface area contributed by atoms with E-state index >= 15 is 0 Å². The molecule has 29 heavy (non-hydrogen) atoms. The summed E-state index contributed by atoms with van der Waals surface area (Å²) >= 11 is 3.40. The highest BCUT2D eigenvalue weighted by atomic mass is 79.9. The minimum absolute atomic E-state index is 0.164. The molecule has 5 nitrogen and oxygen atoms in total. The number of carbonyl (C=O) groups excluding carboxylic acids is 1. The SMILES string of the molecule is O=C(Nc1cccc(Br)c1)c1ccc(Nc2cc(-c3ccccc3)ncn2)cc1. The molecule has 142 valence electrons. The van der Waals surface area contributed by atoms with Crippen molar-refractivity contribution in [3.63, 3.8) is 0 Å². The standard InChI is InChI=1S/C23H17BrN4O/c24-18-7-4-8-20(13-18)28-23(29)17-9-11-19(12-10-17)27-22-14-21(25-15-26-22)16-5-2-1-3-6-16/h1-15H,(H,28,29)(H,25,26,27). The maximum absolute atomic E-state index is 12.4. The molecule has 1 amide bonds. The molecule has 0 spiro atoms. The van der Waals surface area contributed by atoms with Crippen LogP contribution >= 0.6 is 15.9 Å². The lowest BCUT2D eigenvalue weighted by Gasteiger charge is -2.09. The number of benzene rings is 3. The summed E-state index contributed by atoms with van der Waals surface area (Å²) in [5.74, 6) is 0.522. The number of aromatic nitrogens is 2. The van der Waals surface area contributed by atoms with E-state index in [2.05, 4.69) is 36.5 Å². The first-order valence-corrected chi connectivity index (χ1v) is 9.78. The molecular formula is C23H17BrN4O. The van der Waals surface area contributed by atoms with Crippen molar-refractivity contribution in [3.05, 3.63) is 101 Å². The second-order valence-electron chi connectivity index (χ2n) is 6.32. The minimum Gasteiger partial charge on any atom is -0.340 e. The molecule has 0 saturated carbocycles. The normalized spacial score (nSPS) is 10.4. The summed E-state index contributed by atoms with van der Waals surface area (Å²) in [7, 11) is 0. The first-order chi connectivity index (χ1) is 14.2. The lowest BCUT2D eigenvalue weighted by atomic mass is 10.1. The van der Waals surface area contributed by atoms with Crippen LogP contribution in [0.2, 0.25) is 0 Å². The molecule has 6 heteroatoms. The van der Waals surface area contributed by atoms with Crippen molar-refractivity contribution in [2.24, 2.45) is 0 Å². The van der Waals surface area contributed by atoms with Crippen molar-refractivity contribution < 1.29 is 4.79 Å². The van der Waals surface area contributed by atoms with Gasteiger partial charge in [-0.05, 0) is 42.5 Å². The van der Waals surface area contributed by atoms with Crippen molar-refractivity contribution in [1.82, 2.24) is 9.97 Å². The van der Waals surface area contributed by atoms with E-state index in [0.717, 1.165) is 27.1 Å². The van der Waals surface area contributed by atoms with Crippen LogP contribution in [0.25, 0.3) is 11.3 Å². The van der Waals surface area contributed by atoms with Gasteiger partial charge < -0.3 is 10.6 Å². The van der Waals surface area contributed by atoms with Crippen LogP contribution in [0, 0.1) is 0 Å². The first-order valence-electron chi connectivity index (χ1n) is 8.99. The van der Waals surface area contributed by atoms with Crippen LogP contribution in [0.3, 0.4) is 0 Å². The molecule has 3 aromatic carbocycles.